The largest absolute Gasteiger partial charge is 0.504 e. The van der Waals surface area contributed by atoms with Crippen LogP contribution in [0.25, 0.3) is 0 Å². The third kappa shape index (κ3) is 2.22. The van der Waals surface area contributed by atoms with Gasteiger partial charge in [-0.15, -0.1) is 0 Å². The number of fused-ring (bicyclic) bond motifs is 2. The monoisotopic (exact) mass is 453 g/mol. The number of hydrogen-bond donors (Lipinski definition) is 3. The molecule has 33 heavy (non-hydrogen) atoms. The summed E-state index contributed by atoms with van der Waals surface area (Å²) in [7, 11) is 0. The molecule has 5 heteroatoms. The van der Waals surface area contributed by atoms with Gasteiger partial charge < -0.3 is 20.1 Å². The fourth-order valence-electron chi connectivity index (χ4n) is 9.26. The number of nitrogens with zero attached hydrogens (tertiary/aromatic N) is 1. The molecule has 2 heterocycles. The Labute approximate surface area is 197 Å². The van der Waals surface area contributed by atoms with E-state index in [1.54, 1.807) is 6.07 Å². The van der Waals surface area contributed by atoms with Crippen LogP contribution in [0.2, 0.25) is 0 Å². The van der Waals surface area contributed by atoms with Gasteiger partial charge in [0.2, 0.25) is 0 Å². The first kappa shape index (κ1) is 21.0. The first-order valence-corrected chi connectivity index (χ1v) is 13.2. The Kier molecular flexibility index (Phi) is 3.76. The molecule has 180 valence electrons. The van der Waals surface area contributed by atoms with Gasteiger partial charge in [-0.3, -0.25) is 4.90 Å². The molecule has 8 rings (SSSR count). The summed E-state index contributed by atoms with van der Waals surface area (Å²) >= 11 is 0. The van der Waals surface area contributed by atoms with Crippen molar-refractivity contribution < 1.29 is 20.1 Å². The Bertz CT molecular complexity index is 1040. The predicted molar refractivity (Wildman–Crippen MR) is 125 cm³/mol. The van der Waals surface area contributed by atoms with Crippen LogP contribution < -0.4 is 4.74 Å². The summed E-state index contributed by atoms with van der Waals surface area (Å²) in [5.41, 5.74) is -0.323. The minimum Gasteiger partial charge on any atom is -0.504 e. The zero-order valence-corrected chi connectivity index (χ0v) is 20.5. The molecule has 1 saturated heterocycles. The molecule has 5 fully saturated rings. The molecule has 2 spiro atoms. The lowest BCUT2D eigenvalue weighted by atomic mass is 9.33. The van der Waals surface area contributed by atoms with E-state index in [-0.39, 0.29) is 27.9 Å². The van der Waals surface area contributed by atoms with Crippen LogP contribution in [0.15, 0.2) is 12.1 Å². The highest BCUT2D eigenvalue weighted by Gasteiger charge is 2.81. The number of piperidine rings is 1. The molecule has 5 aliphatic carbocycles. The van der Waals surface area contributed by atoms with E-state index < -0.39 is 17.3 Å². The van der Waals surface area contributed by atoms with E-state index >= 15 is 0 Å². The van der Waals surface area contributed by atoms with E-state index in [9.17, 15) is 15.3 Å². The lowest BCUT2D eigenvalue weighted by molar-refractivity contribution is -0.305. The Morgan fingerprint density at radius 1 is 1.12 bits per heavy atom. The zero-order chi connectivity index (χ0) is 23.2. The highest BCUT2D eigenvalue weighted by molar-refractivity contribution is 5.63. The number of hydrogen-bond acceptors (Lipinski definition) is 5. The van der Waals surface area contributed by atoms with E-state index in [0.717, 1.165) is 38.1 Å². The number of phenolic OH excluding ortho intramolecular Hbond substituents is 1. The molecule has 1 aromatic rings. The fourth-order valence-corrected chi connectivity index (χ4v) is 9.26. The Hall–Kier alpha value is -1.30. The summed E-state index contributed by atoms with van der Waals surface area (Å²) in [6, 6.07) is 4.30. The van der Waals surface area contributed by atoms with E-state index in [1.807, 2.05) is 6.92 Å². The second-order valence-electron chi connectivity index (χ2n) is 13.6. The van der Waals surface area contributed by atoms with Crippen molar-refractivity contribution in [2.45, 2.75) is 101 Å². The summed E-state index contributed by atoms with van der Waals surface area (Å²) in [5, 5.41) is 35.3. The molecule has 1 aromatic carbocycles. The summed E-state index contributed by atoms with van der Waals surface area (Å²) < 4.78 is 6.68. The van der Waals surface area contributed by atoms with Crippen molar-refractivity contribution in [2.24, 2.45) is 22.7 Å². The van der Waals surface area contributed by atoms with Crippen LogP contribution in [0.1, 0.15) is 77.3 Å². The lowest BCUT2D eigenvalue weighted by Crippen LogP contribution is -2.82. The molecule has 0 radical (unpaired) electrons. The maximum atomic E-state index is 12.5. The van der Waals surface area contributed by atoms with Crippen LogP contribution in [0.5, 0.6) is 11.5 Å². The number of phenols is 1. The van der Waals surface area contributed by atoms with Gasteiger partial charge in [0.15, 0.2) is 11.5 Å². The highest BCUT2D eigenvalue weighted by Crippen LogP contribution is 2.77. The first-order chi connectivity index (χ1) is 15.5. The van der Waals surface area contributed by atoms with E-state index in [4.69, 9.17) is 4.74 Å². The molecule has 4 bridgehead atoms. The molecule has 0 amide bonds. The third-order valence-corrected chi connectivity index (χ3v) is 11.5. The van der Waals surface area contributed by atoms with Crippen LogP contribution in [0.4, 0.5) is 0 Å². The molecule has 2 aliphatic heterocycles. The van der Waals surface area contributed by atoms with Crippen molar-refractivity contribution in [1.29, 1.82) is 0 Å². The number of aromatic hydroxyl groups is 1. The SMILES string of the molecule is CC(C)(C)[C@@](C)(O)[C@H]1CC23CC[C@]1(O)[C@@H]1Oc4c(O)ccc5c4[C@@]12CCN(CC1CC1)[C@@H]3C5. The molecule has 3 N–H and O–H groups in total. The van der Waals surface area contributed by atoms with Crippen molar-refractivity contribution in [3.63, 3.8) is 0 Å². The fraction of sp³-hybridized carbons (Fsp3) is 0.786. The number of aliphatic hydroxyl groups is 2. The number of rotatable bonds is 3. The third-order valence-electron chi connectivity index (χ3n) is 11.5. The van der Waals surface area contributed by atoms with Gasteiger partial charge in [-0.2, -0.15) is 0 Å². The van der Waals surface area contributed by atoms with Gasteiger partial charge in [0, 0.05) is 34.9 Å². The zero-order valence-electron chi connectivity index (χ0n) is 20.5. The molecular weight excluding hydrogens is 414 g/mol. The van der Waals surface area contributed by atoms with Crippen molar-refractivity contribution >= 4 is 0 Å². The Balaban J connectivity index is 1.46. The minimum absolute atomic E-state index is 0.0404. The van der Waals surface area contributed by atoms with Crippen molar-refractivity contribution in [2.75, 3.05) is 13.1 Å². The standard InChI is InChI=1S/C28H39NO4/c1-24(2,3)25(4,31)19-14-26-9-10-28(19,32)23-27(26)11-12-29(15-16-5-6-16)20(26)13-17-7-8-18(30)22(33-23)21(17)27/h7-8,16,19-20,23,30-32H,5-6,9-15H2,1-4H3/t19-,20-,23-,25+,26?,27+,28-/m1/s1. The number of benzene rings is 1. The second kappa shape index (κ2) is 5.91. The normalized spacial score (nSPS) is 44.8. The molecule has 1 unspecified atom stereocenters. The first-order valence-electron chi connectivity index (χ1n) is 13.2. The number of likely N-dealkylation sites (tertiary alicyclic amines) is 1. The summed E-state index contributed by atoms with van der Waals surface area (Å²) in [6.07, 6.45) is 6.71. The minimum atomic E-state index is -1.11. The Morgan fingerprint density at radius 2 is 1.88 bits per heavy atom. The average Bonchev–Trinajstić information content (AvgIpc) is 3.48. The lowest BCUT2D eigenvalue weighted by Gasteiger charge is -2.75. The van der Waals surface area contributed by atoms with E-state index in [2.05, 4.69) is 31.7 Å². The molecular formula is C28H39NO4. The summed E-state index contributed by atoms with van der Waals surface area (Å²) in [5.74, 6) is 1.39. The molecule has 4 saturated carbocycles. The quantitative estimate of drug-likeness (QED) is 0.650. The van der Waals surface area contributed by atoms with Crippen LogP contribution >= 0.6 is 0 Å². The van der Waals surface area contributed by atoms with Gasteiger partial charge in [0.1, 0.15) is 11.7 Å². The molecule has 0 aromatic heterocycles. The Morgan fingerprint density at radius 3 is 2.58 bits per heavy atom. The van der Waals surface area contributed by atoms with Gasteiger partial charge in [-0.25, -0.2) is 0 Å². The average molecular weight is 454 g/mol. The predicted octanol–water partition coefficient (Wildman–Crippen LogP) is 3.76. The summed E-state index contributed by atoms with van der Waals surface area (Å²) in [6.45, 7) is 10.4. The second-order valence-corrected chi connectivity index (χ2v) is 13.6. The van der Waals surface area contributed by atoms with E-state index in [1.165, 1.54) is 30.5 Å². The van der Waals surface area contributed by atoms with Gasteiger partial charge >= 0.3 is 0 Å². The topological polar surface area (TPSA) is 73.2 Å². The van der Waals surface area contributed by atoms with Crippen LogP contribution in [-0.2, 0) is 11.8 Å². The van der Waals surface area contributed by atoms with Gasteiger partial charge in [0.25, 0.3) is 0 Å². The maximum absolute atomic E-state index is 12.5. The van der Waals surface area contributed by atoms with Crippen LogP contribution in [0, 0.1) is 22.7 Å². The van der Waals surface area contributed by atoms with Gasteiger partial charge in [-0.05, 0) is 81.4 Å². The highest BCUT2D eigenvalue weighted by atomic mass is 16.5. The van der Waals surface area contributed by atoms with Gasteiger partial charge in [0.05, 0.1) is 5.60 Å². The molecule has 5 nitrogen and oxygen atoms in total. The van der Waals surface area contributed by atoms with Crippen molar-refractivity contribution in [3.05, 3.63) is 23.3 Å². The van der Waals surface area contributed by atoms with Gasteiger partial charge in [-0.1, -0.05) is 26.8 Å². The van der Waals surface area contributed by atoms with Crippen LogP contribution in [0.3, 0.4) is 0 Å². The van der Waals surface area contributed by atoms with Crippen molar-refractivity contribution in [3.8, 4) is 11.5 Å². The summed E-state index contributed by atoms with van der Waals surface area (Å²) in [4.78, 5) is 2.77. The smallest absolute Gasteiger partial charge is 0.165 e. The number of ether oxygens (including phenoxy) is 1. The maximum Gasteiger partial charge on any atom is 0.165 e. The van der Waals surface area contributed by atoms with E-state index in [0.29, 0.717) is 18.2 Å². The van der Waals surface area contributed by atoms with Crippen molar-refractivity contribution in [1.82, 2.24) is 4.90 Å². The molecule has 7 atom stereocenters. The van der Waals surface area contributed by atoms with Crippen LogP contribution in [-0.4, -0.2) is 56.7 Å². The molecule has 7 aliphatic rings.